The van der Waals surface area contributed by atoms with Gasteiger partial charge in [-0.3, -0.25) is 4.72 Å². The van der Waals surface area contributed by atoms with Crippen molar-refractivity contribution in [2.24, 2.45) is 0 Å². The summed E-state index contributed by atoms with van der Waals surface area (Å²) in [4.78, 5) is 12.0. The van der Waals surface area contributed by atoms with Crippen molar-refractivity contribution in [3.63, 3.8) is 0 Å². The van der Waals surface area contributed by atoms with E-state index in [1.165, 1.54) is 24.7 Å². The van der Waals surface area contributed by atoms with Crippen molar-refractivity contribution >= 4 is 37.6 Å². The largest absolute Gasteiger partial charge is 0.369 e. The highest BCUT2D eigenvalue weighted by Crippen LogP contribution is 2.20. The van der Waals surface area contributed by atoms with Crippen LogP contribution in [0.5, 0.6) is 0 Å². The van der Waals surface area contributed by atoms with Crippen LogP contribution in [0, 0.1) is 0 Å². The number of aromatic nitrogens is 3. The average Bonchev–Trinajstić information content (AvgIpc) is 2.47. The molecule has 7 nitrogen and oxygen atoms in total. The van der Waals surface area contributed by atoms with Gasteiger partial charge in [0.15, 0.2) is 5.82 Å². The van der Waals surface area contributed by atoms with E-state index in [-0.39, 0.29) is 10.7 Å². The number of hydrogen-bond donors (Lipinski definition) is 2. The van der Waals surface area contributed by atoms with E-state index >= 15 is 0 Å². The van der Waals surface area contributed by atoms with Crippen LogP contribution in [0.15, 0.2) is 40.2 Å². The summed E-state index contributed by atoms with van der Waals surface area (Å²) in [5.41, 5.74) is 0. The molecule has 9 heteroatoms. The molecule has 0 saturated heterocycles. The Labute approximate surface area is 131 Å². The summed E-state index contributed by atoms with van der Waals surface area (Å²) in [6, 6.07) is 3.05. The Morgan fingerprint density at radius 1 is 1.24 bits per heavy atom. The minimum Gasteiger partial charge on any atom is -0.369 e. The topological polar surface area (TPSA) is 96.9 Å². The van der Waals surface area contributed by atoms with Crippen molar-refractivity contribution in [1.82, 2.24) is 15.0 Å². The number of nitrogens with zero attached hydrogens (tertiary/aromatic N) is 3. The lowest BCUT2D eigenvalue weighted by Crippen LogP contribution is -2.17. The van der Waals surface area contributed by atoms with Crippen LogP contribution < -0.4 is 10.0 Å². The lowest BCUT2D eigenvalue weighted by Gasteiger charge is -2.11. The Morgan fingerprint density at radius 3 is 2.71 bits per heavy atom. The summed E-state index contributed by atoms with van der Waals surface area (Å²) in [5.74, 6) is 0.459. The highest BCUT2D eigenvalue weighted by Gasteiger charge is 2.20. The first-order valence-electron chi connectivity index (χ1n) is 6.22. The van der Waals surface area contributed by atoms with Crippen LogP contribution in [0.2, 0.25) is 0 Å². The SMILES string of the molecule is CCCNc1ncccc1S(=O)(=O)Nc1cnc(Br)cn1. The smallest absolute Gasteiger partial charge is 0.266 e. The molecule has 0 spiro atoms. The molecule has 21 heavy (non-hydrogen) atoms. The number of rotatable bonds is 6. The molecule has 0 aliphatic heterocycles. The average molecular weight is 372 g/mol. The maximum atomic E-state index is 12.4. The zero-order valence-corrected chi connectivity index (χ0v) is 13.6. The Balaban J connectivity index is 2.29. The maximum Gasteiger partial charge on any atom is 0.266 e. The van der Waals surface area contributed by atoms with Crippen LogP contribution in [-0.4, -0.2) is 29.9 Å². The molecule has 0 aliphatic rings. The molecule has 0 bridgehead atoms. The molecular formula is C12H14BrN5O2S. The van der Waals surface area contributed by atoms with Crippen LogP contribution in [0.1, 0.15) is 13.3 Å². The van der Waals surface area contributed by atoms with E-state index in [1.54, 1.807) is 6.07 Å². The van der Waals surface area contributed by atoms with Crippen LogP contribution in [0.4, 0.5) is 11.6 Å². The van der Waals surface area contributed by atoms with Gasteiger partial charge in [-0.15, -0.1) is 0 Å². The quantitative estimate of drug-likeness (QED) is 0.808. The zero-order chi connectivity index (χ0) is 15.3. The van der Waals surface area contributed by atoms with Gasteiger partial charge in [-0.05, 0) is 34.5 Å². The van der Waals surface area contributed by atoms with Crippen LogP contribution in [-0.2, 0) is 10.0 Å². The van der Waals surface area contributed by atoms with Crippen LogP contribution in [0.25, 0.3) is 0 Å². The third-order valence-corrected chi connectivity index (χ3v) is 4.26. The molecule has 0 fully saturated rings. The van der Waals surface area contributed by atoms with E-state index in [2.05, 4.69) is 40.9 Å². The lowest BCUT2D eigenvalue weighted by atomic mass is 10.4. The summed E-state index contributed by atoms with van der Waals surface area (Å²) in [5, 5.41) is 2.99. The van der Waals surface area contributed by atoms with Crippen molar-refractivity contribution in [2.75, 3.05) is 16.6 Å². The van der Waals surface area contributed by atoms with Gasteiger partial charge in [-0.25, -0.2) is 23.4 Å². The minimum absolute atomic E-state index is 0.0724. The highest BCUT2D eigenvalue weighted by molar-refractivity contribution is 9.10. The highest BCUT2D eigenvalue weighted by atomic mass is 79.9. The molecule has 0 saturated carbocycles. The van der Waals surface area contributed by atoms with Gasteiger partial charge in [0.25, 0.3) is 10.0 Å². The van der Waals surface area contributed by atoms with E-state index in [0.29, 0.717) is 17.0 Å². The number of nitrogens with one attached hydrogen (secondary N) is 2. The second-order valence-electron chi connectivity index (χ2n) is 4.11. The first kappa shape index (κ1) is 15.6. The van der Waals surface area contributed by atoms with E-state index in [0.717, 1.165) is 6.42 Å². The number of hydrogen-bond acceptors (Lipinski definition) is 6. The molecule has 0 unspecified atom stereocenters. The first-order chi connectivity index (χ1) is 10.0. The molecule has 0 atom stereocenters. The van der Waals surface area contributed by atoms with Crippen molar-refractivity contribution in [2.45, 2.75) is 18.2 Å². The van der Waals surface area contributed by atoms with Crippen LogP contribution >= 0.6 is 15.9 Å². The maximum absolute atomic E-state index is 12.4. The number of halogens is 1. The number of anilines is 2. The Hall–Kier alpha value is -1.74. The van der Waals surface area contributed by atoms with Gasteiger partial charge in [-0.2, -0.15) is 0 Å². The molecule has 112 valence electrons. The van der Waals surface area contributed by atoms with E-state index < -0.39 is 10.0 Å². The van der Waals surface area contributed by atoms with E-state index in [4.69, 9.17) is 0 Å². The van der Waals surface area contributed by atoms with Gasteiger partial charge < -0.3 is 5.32 Å². The molecule has 2 rings (SSSR count). The Kier molecular flexibility index (Phi) is 5.07. The third kappa shape index (κ3) is 4.11. The molecule has 0 radical (unpaired) electrons. The van der Waals surface area contributed by atoms with Gasteiger partial charge in [0, 0.05) is 12.7 Å². The Morgan fingerprint density at radius 2 is 2.05 bits per heavy atom. The monoisotopic (exact) mass is 371 g/mol. The summed E-state index contributed by atoms with van der Waals surface area (Å²) in [6.07, 6.45) is 5.15. The van der Waals surface area contributed by atoms with Crippen molar-refractivity contribution in [3.05, 3.63) is 35.3 Å². The summed E-state index contributed by atoms with van der Waals surface area (Å²) in [7, 11) is -3.78. The normalized spacial score (nSPS) is 11.1. The molecule has 2 N–H and O–H groups in total. The molecule has 0 aromatic carbocycles. The fourth-order valence-corrected chi connectivity index (χ4v) is 2.87. The predicted molar refractivity (Wildman–Crippen MR) is 83.6 cm³/mol. The molecule has 2 aromatic rings. The summed E-state index contributed by atoms with van der Waals surface area (Å²) < 4.78 is 27.7. The van der Waals surface area contributed by atoms with Crippen molar-refractivity contribution in [1.29, 1.82) is 0 Å². The molecule has 0 amide bonds. The van der Waals surface area contributed by atoms with Gasteiger partial charge in [0.05, 0.1) is 12.4 Å². The number of pyridine rings is 1. The fraction of sp³-hybridized carbons (Fsp3) is 0.250. The summed E-state index contributed by atoms with van der Waals surface area (Å²) >= 11 is 3.14. The van der Waals surface area contributed by atoms with Gasteiger partial charge in [0.2, 0.25) is 0 Å². The third-order valence-electron chi connectivity index (χ3n) is 2.46. The van der Waals surface area contributed by atoms with E-state index in [9.17, 15) is 8.42 Å². The standard InChI is InChI=1S/C12H14BrN5O2S/c1-2-5-14-12-9(4-3-6-15-12)21(19,20)18-11-8-16-10(13)7-17-11/h3-4,6-8H,2,5H2,1H3,(H,14,15)(H,17,18). The lowest BCUT2D eigenvalue weighted by molar-refractivity contribution is 0.601. The fourth-order valence-electron chi connectivity index (χ4n) is 1.54. The van der Waals surface area contributed by atoms with Gasteiger partial charge >= 0.3 is 0 Å². The van der Waals surface area contributed by atoms with Gasteiger partial charge in [-0.1, -0.05) is 6.92 Å². The van der Waals surface area contributed by atoms with Crippen LogP contribution in [0.3, 0.4) is 0 Å². The van der Waals surface area contributed by atoms with Crippen molar-refractivity contribution < 1.29 is 8.42 Å². The second kappa shape index (κ2) is 6.81. The van der Waals surface area contributed by atoms with E-state index in [1.807, 2.05) is 6.92 Å². The molecule has 0 aliphatic carbocycles. The minimum atomic E-state index is -3.78. The molecular weight excluding hydrogens is 358 g/mol. The van der Waals surface area contributed by atoms with Gasteiger partial charge in [0.1, 0.15) is 15.3 Å². The molecule has 2 heterocycles. The second-order valence-corrected chi connectivity index (χ2v) is 6.57. The Bertz CT molecular complexity index is 706. The zero-order valence-electron chi connectivity index (χ0n) is 11.2. The predicted octanol–water partition coefficient (Wildman–Crippen LogP) is 2.26. The number of sulfonamides is 1. The first-order valence-corrected chi connectivity index (χ1v) is 8.50. The van der Waals surface area contributed by atoms with Crippen molar-refractivity contribution in [3.8, 4) is 0 Å². The summed E-state index contributed by atoms with van der Waals surface area (Å²) in [6.45, 7) is 2.62. The molecule has 2 aromatic heterocycles.